The van der Waals surface area contributed by atoms with E-state index in [1.807, 2.05) is 55.4 Å². The van der Waals surface area contributed by atoms with Gasteiger partial charge >= 0.3 is 12.3 Å². The second-order valence-electron chi connectivity index (χ2n) is 11.9. The molecule has 0 unspecified atom stereocenters. The van der Waals surface area contributed by atoms with E-state index in [9.17, 15) is 9.59 Å². The molecule has 0 aromatic rings. The van der Waals surface area contributed by atoms with Crippen LogP contribution in [-0.2, 0) is 29.0 Å². The fourth-order valence-corrected chi connectivity index (χ4v) is 4.91. The van der Waals surface area contributed by atoms with Crippen LogP contribution in [0.25, 0.3) is 0 Å². The third-order valence-corrected chi connectivity index (χ3v) is 6.57. The minimum absolute atomic E-state index is 0.552. The van der Waals surface area contributed by atoms with Crippen molar-refractivity contribution >= 4 is 12.3 Å². The highest BCUT2D eigenvalue weighted by Crippen LogP contribution is 2.57. The van der Waals surface area contributed by atoms with Crippen molar-refractivity contribution < 1.29 is 38.6 Å². The van der Waals surface area contributed by atoms with Gasteiger partial charge < -0.3 is 9.47 Å². The summed E-state index contributed by atoms with van der Waals surface area (Å²) in [5.74, 6) is 0. The average Bonchev–Trinajstić information content (AvgIpc) is 2.73. The van der Waals surface area contributed by atoms with Crippen LogP contribution in [0, 0.1) is 10.8 Å². The van der Waals surface area contributed by atoms with Crippen LogP contribution in [0.5, 0.6) is 0 Å². The monoisotopic (exact) mass is 488 g/mol. The molecule has 0 heterocycles. The van der Waals surface area contributed by atoms with Gasteiger partial charge in [-0.2, -0.15) is 9.78 Å². The number of unbranched alkanes of at least 4 members (excludes halogenated alkanes) is 4. The molecule has 0 spiro atoms. The Balaban J connectivity index is 2.57. The van der Waals surface area contributed by atoms with Crippen LogP contribution in [0.3, 0.4) is 0 Å². The molecule has 0 aromatic carbocycles. The zero-order chi connectivity index (χ0) is 26.2. The molecule has 0 aromatic heterocycles. The molecule has 0 radical (unpaired) electrons. The number of hydrogen-bond donors (Lipinski definition) is 0. The van der Waals surface area contributed by atoms with Gasteiger partial charge in [-0.1, -0.05) is 80.1 Å². The van der Waals surface area contributed by atoms with Gasteiger partial charge in [-0.15, -0.1) is 0 Å². The van der Waals surface area contributed by atoms with Gasteiger partial charge in [-0.25, -0.2) is 9.59 Å². The summed E-state index contributed by atoms with van der Waals surface area (Å²) >= 11 is 0. The Morgan fingerprint density at radius 3 is 1.26 bits per heavy atom. The summed E-state index contributed by atoms with van der Waals surface area (Å²) in [6.45, 7) is 19.2. The number of carbonyl (C=O) groups is 2. The molecule has 8 heteroatoms. The molecule has 0 amide bonds. The first-order valence-electron chi connectivity index (χ1n) is 12.7. The van der Waals surface area contributed by atoms with Crippen LogP contribution in [0.2, 0.25) is 0 Å². The molecule has 1 fully saturated rings. The Morgan fingerprint density at radius 2 is 0.971 bits per heavy atom. The standard InChI is InChI=1S/C26H48O8/c1-11-13-15-17-23(3,4)33-31-21(27)29-19-25(7,8)20(26(19,9)10)30-22(28)32-34-24(5,6)18-16-14-12-2/h19-20H,11-18H2,1-10H3. The molecule has 0 bridgehead atoms. The van der Waals surface area contributed by atoms with Crippen molar-refractivity contribution in [3.8, 4) is 0 Å². The van der Waals surface area contributed by atoms with Gasteiger partial charge in [-0.3, -0.25) is 9.78 Å². The molecule has 200 valence electrons. The lowest BCUT2D eigenvalue weighted by Gasteiger charge is -2.60. The molecule has 1 rings (SSSR count). The molecular formula is C26H48O8. The first-order valence-corrected chi connectivity index (χ1v) is 12.7. The van der Waals surface area contributed by atoms with Crippen LogP contribution in [0.1, 0.15) is 121 Å². The number of hydrogen-bond acceptors (Lipinski definition) is 8. The van der Waals surface area contributed by atoms with Crippen molar-refractivity contribution in [2.45, 2.75) is 144 Å². The maximum absolute atomic E-state index is 12.3. The van der Waals surface area contributed by atoms with Gasteiger partial charge in [0, 0.05) is 10.8 Å². The van der Waals surface area contributed by atoms with Crippen molar-refractivity contribution in [3.05, 3.63) is 0 Å². The van der Waals surface area contributed by atoms with Crippen molar-refractivity contribution in [3.63, 3.8) is 0 Å². The molecule has 1 aliphatic rings. The molecule has 0 atom stereocenters. The Labute approximate surface area is 206 Å². The van der Waals surface area contributed by atoms with E-state index in [-0.39, 0.29) is 0 Å². The zero-order valence-electron chi connectivity index (χ0n) is 23.1. The number of rotatable bonds is 14. The molecule has 0 N–H and O–H groups in total. The Hall–Kier alpha value is -1.54. The van der Waals surface area contributed by atoms with Crippen molar-refractivity contribution in [2.24, 2.45) is 10.8 Å². The maximum atomic E-state index is 12.3. The Kier molecular flexibility index (Phi) is 11.1. The quantitative estimate of drug-likeness (QED) is 0.106. The van der Waals surface area contributed by atoms with E-state index in [1.165, 1.54) is 0 Å². The van der Waals surface area contributed by atoms with E-state index in [4.69, 9.17) is 29.0 Å². The van der Waals surface area contributed by atoms with E-state index in [0.717, 1.165) is 51.4 Å². The minimum Gasteiger partial charge on any atom is -0.428 e. The lowest BCUT2D eigenvalue weighted by atomic mass is 9.51. The third-order valence-electron chi connectivity index (χ3n) is 6.57. The van der Waals surface area contributed by atoms with Crippen molar-refractivity contribution in [1.82, 2.24) is 0 Å². The van der Waals surface area contributed by atoms with Crippen molar-refractivity contribution in [1.29, 1.82) is 0 Å². The summed E-state index contributed by atoms with van der Waals surface area (Å²) in [4.78, 5) is 45.2. The van der Waals surface area contributed by atoms with Gasteiger partial charge in [0.05, 0.1) is 0 Å². The fourth-order valence-electron chi connectivity index (χ4n) is 4.91. The van der Waals surface area contributed by atoms with Gasteiger partial charge in [-0.05, 0) is 40.5 Å². The van der Waals surface area contributed by atoms with Crippen molar-refractivity contribution in [2.75, 3.05) is 0 Å². The molecule has 1 aliphatic carbocycles. The number of carbonyl (C=O) groups excluding carboxylic acids is 2. The Bertz CT molecular complexity index is 585. The van der Waals surface area contributed by atoms with E-state index in [2.05, 4.69) is 13.8 Å². The van der Waals surface area contributed by atoms with Crippen LogP contribution in [0.4, 0.5) is 9.59 Å². The molecular weight excluding hydrogens is 440 g/mol. The lowest BCUT2D eigenvalue weighted by molar-refractivity contribution is -0.345. The summed E-state index contributed by atoms with van der Waals surface area (Å²) in [7, 11) is 0. The Morgan fingerprint density at radius 1 is 0.647 bits per heavy atom. The van der Waals surface area contributed by atoms with Crippen LogP contribution < -0.4 is 0 Å². The normalized spacial score (nSPS) is 21.4. The summed E-state index contributed by atoms with van der Waals surface area (Å²) in [6.07, 6.45) is 4.97. The second-order valence-corrected chi connectivity index (χ2v) is 11.9. The molecule has 1 saturated carbocycles. The summed E-state index contributed by atoms with van der Waals surface area (Å²) < 4.78 is 11.1. The maximum Gasteiger partial charge on any atom is 0.540 e. The van der Waals surface area contributed by atoms with E-state index >= 15 is 0 Å². The summed E-state index contributed by atoms with van der Waals surface area (Å²) in [6, 6.07) is 0. The van der Waals surface area contributed by atoms with Crippen LogP contribution in [0.15, 0.2) is 0 Å². The van der Waals surface area contributed by atoms with Gasteiger partial charge in [0.25, 0.3) is 0 Å². The van der Waals surface area contributed by atoms with E-state index < -0.39 is 46.6 Å². The highest BCUT2D eigenvalue weighted by Gasteiger charge is 2.67. The highest BCUT2D eigenvalue weighted by atomic mass is 17.2. The topological polar surface area (TPSA) is 89.5 Å². The summed E-state index contributed by atoms with van der Waals surface area (Å²) in [5.41, 5.74) is -2.51. The molecule has 34 heavy (non-hydrogen) atoms. The predicted molar refractivity (Wildman–Crippen MR) is 129 cm³/mol. The van der Waals surface area contributed by atoms with Gasteiger partial charge in [0.15, 0.2) is 0 Å². The van der Waals surface area contributed by atoms with E-state index in [1.54, 1.807) is 0 Å². The zero-order valence-corrected chi connectivity index (χ0v) is 23.1. The summed E-state index contributed by atoms with van der Waals surface area (Å²) in [5, 5.41) is 0. The van der Waals surface area contributed by atoms with Crippen LogP contribution in [-0.4, -0.2) is 35.7 Å². The third kappa shape index (κ3) is 8.91. The first kappa shape index (κ1) is 30.5. The fraction of sp³-hybridized carbons (Fsp3) is 0.923. The predicted octanol–water partition coefficient (Wildman–Crippen LogP) is 7.68. The lowest BCUT2D eigenvalue weighted by Crippen LogP contribution is -2.69. The molecule has 0 aliphatic heterocycles. The average molecular weight is 489 g/mol. The first-order chi connectivity index (χ1) is 15.6. The minimum atomic E-state index is -0.909. The highest BCUT2D eigenvalue weighted by molar-refractivity contribution is 5.61. The second kappa shape index (κ2) is 12.4. The molecule has 8 nitrogen and oxygen atoms in total. The van der Waals surface area contributed by atoms with Gasteiger partial charge in [0.2, 0.25) is 0 Å². The SMILES string of the molecule is CCCCCC(C)(C)OOC(=O)OC1C(C)(C)C(OC(=O)OOC(C)(C)CCCCC)C1(C)C. The smallest absolute Gasteiger partial charge is 0.428 e. The number of ether oxygens (including phenoxy) is 2. The molecule has 0 saturated heterocycles. The van der Waals surface area contributed by atoms with E-state index in [0.29, 0.717) is 0 Å². The largest absolute Gasteiger partial charge is 0.540 e. The van der Waals surface area contributed by atoms with Gasteiger partial charge in [0.1, 0.15) is 23.4 Å². The van der Waals surface area contributed by atoms with Crippen LogP contribution >= 0.6 is 0 Å².